The number of rotatable bonds is 0. The highest BCUT2D eigenvalue weighted by Gasteiger charge is 2.37. The molecule has 0 spiro atoms. The Balaban J connectivity index is 1.98. The second-order valence-electron chi connectivity index (χ2n) is 4.67. The first-order valence-corrected chi connectivity index (χ1v) is 5.87. The zero-order valence-corrected chi connectivity index (χ0v) is 8.86. The Hall–Kier alpha value is -1.02. The molecular weight excluding hydrogens is 186 g/mol. The lowest BCUT2D eigenvalue weighted by molar-refractivity contribution is 0.0568. The van der Waals surface area contributed by atoms with Crippen molar-refractivity contribution >= 4 is 0 Å². The van der Waals surface area contributed by atoms with E-state index in [0.29, 0.717) is 12.0 Å². The van der Waals surface area contributed by atoms with Crippen molar-refractivity contribution in [1.29, 1.82) is 0 Å². The van der Waals surface area contributed by atoms with Crippen LogP contribution in [0.3, 0.4) is 0 Å². The van der Waals surface area contributed by atoms with Gasteiger partial charge in [0.05, 0.1) is 0 Å². The highest BCUT2D eigenvalue weighted by atomic mass is 16.5. The highest BCUT2D eigenvalue weighted by molar-refractivity contribution is 5.38. The van der Waals surface area contributed by atoms with Crippen LogP contribution in [-0.4, -0.2) is 6.10 Å². The van der Waals surface area contributed by atoms with Crippen LogP contribution in [0.1, 0.15) is 37.3 Å². The zero-order chi connectivity index (χ0) is 10.3. The first kappa shape index (κ1) is 9.22. The molecule has 1 aliphatic carbocycles. The SMILES string of the molecule is NC1c2ccccc2OC2CCCCC21. The lowest BCUT2D eigenvalue weighted by atomic mass is 9.77. The molecule has 1 saturated carbocycles. The summed E-state index contributed by atoms with van der Waals surface area (Å²) in [5, 5.41) is 0. The van der Waals surface area contributed by atoms with Crippen molar-refractivity contribution in [2.45, 2.75) is 37.8 Å². The van der Waals surface area contributed by atoms with Gasteiger partial charge in [-0.05, 0) is 25.3 Å². The Bertz CT molecular complexity index is 363. The van der Waals surface area contributed by atoms with Gasteiger partial charge in [0.15, 0.2) is 0 Å². The molecule has 0 bridgehead atoms. The number of para-hydroxylation sites is 1. The van der Waals surface area contributed by atoms with Crippen LogP contribution in [0, 0.1) is 5.92 Å². The minimum atomic E-state index is 0.181. The molecule has 80 valence electrons. The van der Waals surface area contributed by atoms with E-state index in [0.717, 1.165) is 5.75 Å². The van der Waals surface area contributed by atoms with E-state index in [9.17, 15) is 0 Å². The van der Waals surface area contributed by atoms with Crippen molar-refractivity contribution in [3.63, 3.8) is 0 Å². The summed E-state index contributed by atoms with van der Waals surface area (Å²) in [6, 6.07) is 8.39. The summed E-state index contributed by atoms with van der Waals surface area (Å²) in [5.41, 5.74) is 7.52. The number of fused-ring (bicyclic) bond motifs is 2. The quantitative estimate of drug-likeness (QED) is 0.703. The van der Waals surface area contributed by atoms with Gasteiger partial charge in [-0.3, -0.25) is 0 Å². The smallest absolute Gasteiger partial charge is 0.124 e. The molecule has 1 heterocycles. The predicted octanol–water partition coefficient (Wildman–Crippen LogP) is 2.64. The molecule has 1 aliphatic heterocycles. The van der Waals surface area contributed by atoms with E-state index < -0.39 is 0 Å². The Morgan fingerprint density at radius 3 is 2.87 bits per heavy atom. The van der Waals surface area contributed by atoms with E-state index in [1.807, 2.05) is 18.2 Å². The van der Waals surface area contributed by atoms with Gasteiger partial charge in [-0.1, -0.05) is 24.6 Å². The van der Waals surface area contributed by atoms with Crippen LogP contribution in [-0.2, 0) is 0 Å². The average Bonchev–Trinajstić information content (AvgIpc) is 2.30. The Morgan fingerprint density at radius 2 is 1.93 bits per heavy atom. The molecule has 0 aromatic heterocycles. The lowest BCUT2D eigenvalue weighted by Crippen LogP contribution is -2.41. The molecule has 3 rings (SSSR count). The summed E-state index contributed by atoms with van der Waals surface area (Å²) < 4.78 is 6.03. The van der Waals surface area contributed by atoms with E-state index in [1.54, 1.807) is 0 Å². The monoisotopic (exact) mass is 203 g/mol. The van der Waals surface area contributed by atoms with E-state index >= 15 is 0 Å². The first-order chi connectivity index (χ1) is 7.36. The third-order valence-electron chi connectivity index (χ3n) is 3.77. The third kappa shape index (κ3) is 1.44. The van der Waals surface area contributed by atoms with Crippen molar-refractivity contribution in [3.05, 3.63) is 29.8 Å². The van der Waals surface area contributed by atoms with Gasteiger partial charge in [0.1, 0.15) is 11.9 Å². The summed E-state index contributed by atoms with van der Waals surface area (Å²) in [6.07, 6.45) is 5.35. The number of hydrogen-bond donors (Lipinski definition) is 1. The van der Waals surface area contributed by atoms with Crippen molar-refractivity contribution in [3.8, 4) is 5.75 Å². The fourth-order valence-electron chi connectivity index (χ4n) is 2.94. The minimum Gasteiger partial charge on any atom is -0.490 e. The van der Waals surface area contributed by atoms with Crippen LogP contribution in [0.25, 0.3) is 0 Å². The summed E-state index contributed by atoms with van der Waals surface area (Å²) in [4.78, 5) is 0. The number of hydrogen-bond acceptors (Lipinski definition) is 2. The topological polar surface area (TPSA) is 35.2 Å². The Morgan fingerprint density at radius 1 is 1.13 bits per heavy atom. The lowest BCUT2D eigenvalue weighted by Gasteiger charge is -2.40. The molecule has 2 nitrogen and oxygen atoms in total. The van der Waals surface area contributed by atoms with Gasteiger partial charge in [0.2, 0.25) is 0 Å². The molecule has 0 radical (unpaired) electrons. The number of ether oxygens (including phenoxy) is 1. The normalized spacial score (nSPS) is 33.8. The fourth-order valence-corrected chi connectivity index (χ4v) is 2.94. The second-order valence-corrected chi connectivity index (χ2v) is 4.67. The maximum atomic E-state index is 6.32. The van der Waals surface area contributed by atoms with E-state index in [1.165, 1.54) is 31.2 Å². The van der Waals surface area contributed by atoms with E-state index in [2.05, 4.69) is 6.07 Å². The standard InChI is InChI=1S/C13H17NO/c14-13-9-5-1-3-7-11(9)15-12-8-4-2-6-10(12)13/h1,3,5,7,10,12-13H,2,4,6,8,14H2. The van der Waals surface area contributed by atoms with Crippen molar-refractivity contribution in [2.75, 3.05) is 0 Å². The molecule has 2 N–H and O–H groups in total. The van der Waals surface area contributed by atoms with Crippen LogP contribution in [0.4, 0.5) is 0 Å². The average molecular weight is 203 g/mol. The van der Waals surface area contributed by atoms with Gasteiger partial charge in [0, 0.05) is 17.5 Å². The van der Waals surface area contributed by atoms with Crippen molar-refractivity contribution in [2.24, 2.45) is 11.7 Å². The van der Waals surface area contributed by atoms with Crippen LogP contribution >= 0.6 is 0 Å². The second kappa shape index (κ2) is 3.53. The van der Waals surface area contributed by atoms with Gasteiger partial charge in [-0.25, -0.2) is 0 Å². The molecule has 3 unspecified atom stereocenters. The zero-order valence-electron chi connectivity index (χ0n) is 8.86. The van der Waals surface area contributed by atoms with Gasteiger partial charge in [0.25, 0.3) is 0 Å². The number of benzene rings is 1. The summed E-state index contributed by atoms with van der Waals surface area (Å²) in [5.74, 6) is 1.54. The largest absolute Gasteiger partial charge is 0.490 e. The molecule has 0 saturated heterocycles. The Labute approximate surface area is 90.4 Å². The van der Waals surface area contributed by atoms with Crippen molar-refractivity contribution in [1.82, 2.24) is 0 Å². The molecule has 1 fully saturated rings. The molecule has 0 amide bonds. The first-order valence-electron chi connectivity index (χ1n) is 5.87. The highest BCUT2D eigenvalue weighted by Crippen LogP contribution is 2.42. The minimum absolute atomic E-state index is 0.181. The molecular formula is C13H17NO. The maximum absolute atomic E-state index is 6.32. The van der Waals surface area contributed by atoms with Gasteiger partial charge in [-0.15, -0.1) is 0 Å². The molecule has 2 aliphatic rings. The summed E-state index contributed by atoms with van der Waals surface area (Å²) in [7, 11) is 0. The predicted molar refractivity (Wildman–Crippen MR) is 59.7 cm³/mol. The van der Waals surface area contributed by atoms with Gasteiger partial charge in [-0.2, -0.15) is 0 Å². The summed E-state index contributed by atoms with van der Waals surface area (Å²) >= 11 is 0. The van der Waals surface area contributed by atoms with Crippen molar-refractivity contribution < 1.29 is 4.74 Å². The molecule has 1 aromatic carbocycles. The van der Waals surface area contributed by atoms with Crippen LogP contribution in [0.2, 0.25) is 0 Å². The van der Waals surface area contributed by atoms with E-state index in [-0.39, 0.29) is 6.04 Å². The van der Waals surface area contributed by atoms with Crippen LogP contribution in [0.15, 0.2) is 24.3 Å². The molecule has 15 heavy (non-hydrogen) atoms. The van der Waals surface area contributed by atoms with Crippen LogP contribution < -0.4 is 10.5 Å². The van der Waals surface area contributed by atoms with Gasteiger partial charge < -0.3 is 10.5 Å². The molecule has 3 atom stereocenters. The third-order valence-corrected chi connectivity index (χ3v) is 3.77. The maximum Gasteiger partial charge on any atom is 0.124 e. The summed E-state index contributed by atoms with van der Waals surface area (Å²) in [6.45, 7) is 0. The van der Waals surface area contributed by atoms with Gasteiger partial charge >= 0.3 is 0 Å². The molecule has 2 heteroatoms. The fraction of sp³-hybridized carbons (Fsp3) is 0.538. The van der Waals surface area contributed by atoms with Crippen LogP contribution in [0.5, 0.6) is 5.75 Å². The number of nitrogens with two attached hydrogens (primary N) is 1. The Kier molecular flexibility index (Phi) is 2.17. The van der Waals surface area contributed by atoms with E-state index in [4.69, 9.17) is 10.5 Å². The molecule has 1 aromatic rings.